The number of aromatic nitrogens is 2. The summed E-state index contributed by atoms with van der Waals surface area (Å²) in [5.74, 6) is 0.696. The van der Waals surface area contributed by atoms with E-state index < -0.39 is 0 Å². The van der Waals surface area contributed by atoms with Gasteiger partial charge in [0.15, 0.2) is 0 Å². The van der Waals surface area contributed by atoms with E-state index in [9.17, 15) is 4.79 Å². The summed E-state index contributed by atoms with van der Waals surface area (Å²) in [5.41, 5.74) is 3.49. The molecule has 0 atom stereocenters. The Morgan fingerprint density at radius 2 is 1.88 bits per heavy atom. The molecule has 1 aliphatic heterocycles. The first-order valence-electron chi connectivity index (χ1n) is 10.2. The normalized spacial score (nSPS) is 15.1. The van der Waals surface area contributed by atoms with E-state index in [4.69, 9.17) is 26.8 Å². The number of hydrogen-bond acceptors (Lipinski definition) is 6. The van der Waals surface area contributed by atoms with Crippen LogP contribution in [0.2, 0.25) is 0 Å². The van der Waals surface area contributed by atoms with E-state index in [-0.39, 0.29) is 5.91 Å². The molecule has 0 aliphatic carbocycles. The summed E-state index contributed by atoms with van der Waals surface area (Å²) in [6.07, 6.45) is 3.80. The predicted octanol–water partition coefficient (Wildman–Crippen LogP) is 4.79. The molecule has 1 saturated heterocycles. The molecule has 32 heavy (non-hydrogen) atoms. The lowest BCUT2D eigenvalue weighted by Gasteiger charge is -2.12. The van der Waals surface area contributed by atoms with Crippen molar-refractivity contribution in [3.05, 3.63) is 71.3 Å². The number of para-hydroxylation sites is 1. The molecule has 6 nitrogen and oxygen atoms in total. The van der Waals surface area contributed by atoms with Crippen molar-refractivity contribution in [3.63, 3.8) is 0 Å². The van der Waals surface area contributed by atoms with E-state index in [2.05, 4.69) is 0 Å². The first kappa shape index (κ1) is 22.3. The summed E-state index contributed by atoms with van der Waals surface area (Å²) in [7, 11) is 1.61. The molecule has 0 N–H and O–H groups in total. The zero-order valence-electron chi connectivity index (χ0n) is 17.9. The molecule has 2 aromatic carbocycles. The van der Waals surface area contributed by atoms with E-state index in [1.165, 1.54) is 11.8 Å². The zero-order chi connectivity index (χ0) is 22.5. The number of benzene rings is 2. The maximum atomic E-state index is 12.9. The van der Waals surface area contributed by atoms with E-state index >= 15 is 0 Å². The summed E-state index contributed by atoms with van der Waals surface area (Å²) < 4.78 is 13.0. The van der Waals surface area contributed by atoms with Crippen LogP contribution in [0.4, 0.5) is 0 Å². The maximum absolute atomic E-state index is 12.9. The Bertz CT molecular complexity index is 1140. The lowest BCUT2D eigenvalue weighted by molar-refractivity contribution is -0.122. The minimum atomic E-state index is -0.109. The Morgan fingerprint density at radius 1 is 1.12 bits per heavy atom. The molecule has 0 saturated carbocycles. The molecule has 1 fully saturated rings. The predicted molar refractivity (Wildman–Crippen MR) is 132 cm³/mol. The second kappa shape index (κ2) is 10.1. The fourth-order valence-electron chi connectivity index (χ4n) is 3.32. The third-order valence-corrected chi connectivity index (χ3v) is 6.26. The zero-order valence-corrected chi connectivity index (χ0v) is 19.5. The van der Waals surface area contributed by atoms with Gasteiger partial charge in [-0.1, -0.05) is 42.2 Å². The Kier molecular flexibility index (Phi) is 7.04. The standard InChI is InChI=1S/C24H23N3O3S2/c1-3-30-20-11-9-17(10-12-20)22-18(16-27(25-22)19-7-5-4-6-8-19)15-21-23(28)26(13-14-29-2)24(31)32-21/h4-12,15-16H,3,13-14H2,1-2H3. The molecular weight excluding hydrogens is 442 g/mol. The number of ether oxygens (including phenoxy) is 2. The highest BCUT2D eigenvalue weighted by molar-refractivity contribution is 8.26. The van der Waals surface area contributed by atoms with E-state index in [1.807, 2.05) is 78.5 Å². The van der Waals surface area contributed by atoms with Gasteiger partial charge in [0, 0.05) is 24.4 Å². The number of thiocarbonyl (C=S) groups is 1. The average molecular weight is 466 g/mol. The van der Waals surface area contributed by atoms with Crippen LogP contribution in [0.5, 0.6) is 5.75 Å². The number of amides is 1. The third-order valence-electron chi connectivity index (χ3n) is 4.88. The highest BCUT2D eigenvalue weighted by Crippen LogP contribution is 2.35. The number of methoxy groups -OCH3 is 1. The first-order chi connectivity index (χ1) is 15.6. The molecule has 0 bridgehead atoms. The van der Waals surface area contributed by atoms with Crippen LogP contribution in [0, 0.1) is 0 Å². The molecule has 2 heterocycles. The monoisotopic (exact) mass is 465 g/mol. The van der Waals surface area contributed by atoms with Crippen molar-refractivity contribution in [1.82, 2.24) is 14.7 Å². The van der Waals surface area contributed by atoms with Gasteiger partial charge in [0.05, 0.1) is 36.0 Å². The Hall–Kier alpha value is -2.94. The topological polar surface area (TPSA) is 56.6 Å². The number of rotatable bonds is 8. The van der Waals surface area contributed by atoms with Gasteiger partial charge >= 0.3 is 0 Å². The largest absolute Gasteiger partial charge is 0.494 e. The Balaban J connectivity index is 1.73. The van der Waals surface area contributed by atoms with Gasteiger partial charge in [-0.25, -0.2) is 4.68 Å². The van der Waals surface area contributed by atoms with Crippen LogP contribution < -0.4 is 4.74 Å². The van der Waals surface area contributed by atoms with Crippen LogP contribution in [-0.4, -0.2) is 51.8 Å². The fourth-order valence-corrected chi connectivity index (χ4v) is 4.62. The minimum absolute atomic E-state index is 0.109. The molecule has 0 radical (unpaired) electrons. The molecule has 0 spiro atoms. The summed E-state index contributed by atoms with van der Waals surface area (Å²) >= 11 is 6.71. The third kappa shape index (κ3) is 4.77. The highest BCUT2D eigenvalue weighted by atomic mass is 32.2. The Labute approximate surface area is 196 Å². The second-order valence-electron chi connectivity index (χ2n) is 7.00. The summed E-state index contributed by atoms with van der Waals surface area (Å²) in [6, 6.07) is 17.7. The van der Waals surface area contributed by atoms with Gasteiger partial charge in [-0.3, -0.25) is 9.69 Å². The summed E-state index contributed by atoms with van der Waals surface area (Å²) in [4.78, 5) is 15.1. The molecule has 4 rings (SSSR count). The van der Waals surface area contributed by atoms with E-state index in [0.29, 0.717) is 29.0 Å². The molecule has 8 heteroatoms. The molecule has 1 aliphatic rings. The van der Waals surface area contributed by atoms with Crippen LogP contribution in [0.25, 0.3) is 23.0 Å². The van der Waals surface area contributed by atoms with Gasteiger partial charge in [0.1, 0.15) is 10.1 Å². The SMILES string of the molecule is CCOc1ccc(-c2nn(-c3ccccc3)cc2C=C2SC(=S)N(CCOC)C2=O)cc1. The van der Waals surface area contributed by atoms with Crippen molar-refractivity contribution in [2.24, 2.45) is 0 Å². The lowest BCUT2D eigenvalue weighted by atomic mass is 10.1. The molecule has 164 valence electrons. The fraction of sp³-hybridized carbons (Fsp3) is 0.208. The van der Waals surface area contributed by atoms with Gasteiger partial charge < -0.3 is 9.47 Å². The van der Waals surface area contributed by atoms with E-state index in [0.717, 1.165) is 28.3 Å². The maximum Gasteiger partial charge on any atom is 0.266 e. The van der Waals surface area contributed by atoms with Crippen molar-refractivity contribution in [2.45, 2.75) is 6.92 Å². The van der Waals surface area contributed by atoms with Crippen LogP contribution in [0.1, 0.15) is 12.5 Å². The number of thioether (sulfide) groups is 1. The quantitative estimate of drug-likeness (QED) is 0.352. The van der Waals surface area contributed by atoms with Crippen LogP contribution >= 0.6 is 24.0 Å². The smallest absolute Gasteiger partial charge is 0.266 e. The van der Waals surface area contributed by atoms with E-state index in [1.54, 1.807) is 12.0 Å². The van der Waals surface area contributed by atoms with Gasteiger partial charge in [-0.15, -0.1) is 0 Å². The van der Waals surface area contributed by atoms with Crippen molar-refractivity contribution < 1.29 is 14.3 Å². The number of carbonyl (C=O) groups is 1. The van der Waals surface area contributed by atoms with Crippen LogP contribution in [0.15, 0.2) is 65.7 Å². The van der Waals surface area contributed by atoms with Gasteiger partial charge in [-0.05, 0) is 49.4 Å². The average Bonchev–Trinajstić information content (AvgIpc) is 3.35. The minimum Gasteiger partial charge on any atom is -0.494 e. The summed E-state index contributed by atoms with van der Waals surface area (Å²) in [6.45, 7) is 3.44. The molecule has 0 unspecified atom stereocenters. The molecule has 1 aromatic heterocycles. The van der Waals surface area contributed by atoms with Crippen LogP contribution in [0.3, 0.4) is 0 Å². The molecule has 3 aromatic rings. The Morgan fingerprint density at radius 3 is 2.56 bits per heavy atom. The number of nitrogens with zero attached hydrogens (tertiary/aromatic N) is 3. The number of hydrogen-bond donors (Lipinski definition) is 0. The molecule has 1 amide bonds. The van der Waals surface area contributed by atoms with Crippen molar-refractivity contribution in [2.75, 3.05) is 26.9 Å². The van der Waals surface area contributed by atoms with Gasteiger partial charge in [-0.2, -0.15) is 5.10 Å². The molecular formula is C24H23N3O3S2. The summed E-state index contributed by atoms with van der Waals surface area (Å²) in [5, 5.41) is 4.83. The first-order valence-corrected chi connectivity index (χ1v) is 11.5. The van der Waals surface area contributed by atoms with Crippen molar-refractivity contribution in [1.29, 1.82) is 0 Å². The highest BCUT2D eigenvalue weighted by Gasteiger charge is 2.32. The van der Waals surface area contributed by atoms with Crippen molar-refractivity contribution in [3.8, 4) is 22.7 Å². The van der Waals surface area contributed by atoms with Gasteiger partial charge in [0.25, 0.3) is 5.91 Å². The number of carbonyl (C=O) groups excluding carboxylic acids is 1. The van der Waals surface area contributed by atoms with Crippen LogP contribution in [-0.2, 0) is 9.53 Å². The van der Waals surface area contributed by atoms with Gasteiger partial charge in [0.2, 0.25) is 0 Å². The van der Waals surface area contributed by atoms with Crippen molar-refractivity contribution >= 4 is 40.3 Å². The lowest BCUT2D eigenvalue weighted by Crippen LogP contribution is -2.31. The second-order valence-corrected chi connectivity index (χ2v) is 8.67.